The van der Waals surface area contributed by atoms with E-state index in [1.807, 2.05) is 19.1 Å². The average molecular weight is 446 g/mol. The molecule has 6 heteroatoms. The molecule has 2 amide bonds. The van der Waals surface area contributed by atoms with Crippen molar-refractivity contribution in [3.63, 3.8) is 0 Å². The standard InChI is InChI=1S/C27H27NO5/c1-4-9-28-26(32)17-7-6-16-18(23(17)27(28)33)12-19-21(30)11-14(3)25(31)24(19)22(16)15-5-8-20(29)13(2)10-15/h5-6,8,10-11,17-18,22-23,29H,4,7,9,12H2,1-3H3/t17-,18+,22-,23-/m0/s1. The van der Waals surface area contributed by atoms with E-state index in [0.29, 0.717) is 48.1 Å². The first-order valence-electron chi connectivity index (χ1n) is 11.6. The molecule has 5 rings (SSSR count). The highest BCUT2D eigenvalue weighted by molar-refractivity contribution is 6.23. The highest BCUT2D eigenvalue weighted by Crippen LogP contribution is 2.55. The lowest BCUT2D eigenvalue weighted by Crippen LogP contribution is -2.39. The number of aryl methyl sites for hydroxylation is 1. The molecule has 3 aliphatic carbocycles. The third-order valence-corrected chi connectivity index (χ3v) is 7.66. The normalized spacial score (nSPS) is 29.0. The van der Waals surface area contributed by atoms with E-state index in [9.17, 15) is 24.3 Å². The summed E-state index contributed by atoms with van der Waals surface area (Å²) in [5, 5.41) is 10.1. The number of phenolic OH excluding ortho intramolecular Hbond substituents is 1. The molecule has 0 spiro atoms. The van der Waals surface area contributed by atoms with Crippen molar-refractivity contribution in [1.29, 1.82) is 0 Å². The summed E-state index contributed by atoms with van der Waals surface area (Å²) in [5.74, 6) is -2.15. The van der Waals surface area contributed by atoms with Crippen molar-refractivity contribution in [3.8, 4) is 5.75 Å². The molecule has 1 aromatic carbocycles. The first-order chi connectivity index (χ1) is 15.7. The van der Waals surface area contributed by atoms with Crippen LogP contribution in [0.25, 0.3) is 0 Å². The Labute approximate surface area is 192 Å². The number of carbonyl (C=O) groups excluding carboxylic acids is 4. The van der Waals surface area contributed by atoms with Crippen LogP contribution < -0.4 is 0 Å². The van der Waals surface area contributed by atoms with Crippen LogP contribution in [-0.2, 0) is 19.2 Å². The molecule has 4 atom stereocenters. The van der Waals surface area contributed by atoms with Gasteiger partial charge in [-0.05, 0) is 62.3 Å². The second-order valence-electron chi connectivity index (χ2n) is 9.60. The van der Waals surface area contributed by atoms with E-state index in [1.54, 1.807) is 26.0 Å². The van der Waals surface area contributed by atoms with Crippen LogP contribution >= 0.6 is 0 Å². The number of aromatic hydroxyl groups is 1. The highest BCUT2D eigenvalue weighted by Gasteiger charge is 2.56. The van der Waals surface area contributed by atoms with Gasteiger partial charge in [0.05, 0.1) is 11.8 Å². The number of hydrogen-bond donors (Lipinski definition) is 1. The molecule has 33 heavy (non-hydrogen) atoms. The van der Waals surface area contributed by atoms with Gasteiger partial charge >= 0.3 is 0 Å². The van der Waals surface area contributed by atoms with Gasteiger partial charge in [0.25, 0.3) is 0 Å². The van der Waals surface area contributed by atoms with Crippen molar-refractivity contribution in [2.24, 2.45) is 17.8 Å². The number of allylic oxidation sites excluding steroid dienone is 6. The van der Waals surface area contributed by atoms with Crippen LogP contribution in [0.3, 0.4) is 0 Å². The van der Waals surface area contributed by atoms with Crippen molar-refractivity contribution < 1.29 is 24.3 Å². The molecule has 1 aromatic rings. The van der Waals surface area contributed by atoms with Crippen LogP contribution in [0.2, 0.25) is 0 Å². The van der Waals surface area contributed by atoms with Gasteiger partial charge in [-0.2, -0.15) is 0 Å². The first kappa shape index (κ1) is 21.6. The minimum absolute atomic E-state index is 0.124. The van der Waals surface area contributed by atoms with E-state index in [4.69, 9.17) is 0 Å². The fourth-order valence-corrected chi connectivity index (χ4v) is 6.11. The van der Waals surface area contributed by atoms with Crippen molar-refractivity contribution in [1.82, 2.24) is 4.90 Å². The van der Waals surface area contributed by atoms with Crippen LogP contribution in [0.15, 0.2) is 52.6 Å². The van der Waals surface area contributed by atoms with E-state index < -0.39 is 17.8 Å². The van der Waals surface area contributed by atoms with Crippen molar-refractivity contribution in [3.05, 3.63) is 63.8 Å². The Bertz CT molecular complexity index is 1220. The summed E-state index contributed by atoms with van der Waals surface area (Å²) in [6.07, 6.45) is 4.86. The third-order valence-electron chi connectivity index (χ3n) is 7.66. The lowest BCUT2D eigenvalue weighted by atomic mass is 9.59. The fourth-order valence-electron chi connectivity index (χ4n) is 6.11. The molecule has 0 radical (unpaired) electrons. The number of amides is 2. The number of fused-ring (bicyclic) bond motifs is 3. The van der Waals surface area contributed by atoms with Crippen LogP contribution in [-0.4, -0.2) is 39.9 Å². The second kappa shape index (κ2) is 7.65. The van der Waals surface area contributed by atoms with Crippen molar-refractivity contribution in [2.45, 2.75) is 46.0 Å². The summed E-state index contributed by atoms with van der Waals surface area (Å²) < 4.78 is 0. The van der Waals surface area contributed by atoms with Crippen LogP contribution in [0.1, 0.15) is 50.2 Å². The molecular weight excluding hydrogens is 418 g/mol. The number of nitrogens with zero attached hydrogens (tertiary/aromatic N) is 1. The first-order valence-corrected chi connectivity index (χ1v) is 11.6. The molecule has 170 valence electrons. The number of benzene rings is 1. The number of Topliss-reactive ketones (excluding diaryl/α,β-unsaturated/α-hetero) is 1. The molecule has 0 unspecified atom stereocenters. The predicted octanol–water partition coefficient (Wildman–Crippen LogP) is 3.54. The van der Waals surface area contributed by atoms with Crippen LogP contribution in [0.5, 0.6) is 5.75 Å². The van der Waals surface area contributed by atoms with Crippen molar-refractivity contribution in [2.75, 3.05) is 6.54 Å². The summed E-state index contributed by atoms with van der Waals surface area (Å²) in [7, 11) is 0. The molecule has 1 N–H and O–H groups in total. The maximum absolute atomic E-state index is 13.4. The zero-order valence-corrected chi connectivity index (χ0v) is 19.1. The summed E-state index contributed by atoms with van der Waals surface area (Å²) in [5.41, 5.74) is 3.77. The average Bonchev–Trinajstić information content (AvgIpc) is 3.03. The number of imide groups is 1. The molecular formula is C27H27NO5. The molecule has 1 heterocycles. The molecule has 0 saturated carbocycles. The van der Waals surface area contributed by atoms with Crippen LogP contribution in [0.4, 0.5) is 0 Å². The number of ketones is 2. The Balaban J connectivity index is 1.68. The number of likely N-dealkylation sites (tertiary alicyclic amines) is 1. The summed E-state index contributed by atoms with van der Waals surface area (Å²) in [6, 6.07) is 5.23. The quantitative estimate of drug-likeness (QED) is 0.437. The molecule has 6 nitrogen and oxygen atoms in total. The summed E-state index contributed by atoms with van der Waals surface area (Å²) in [6.45, 7) is 5.79. The minimum atomic E-state index is -0.506. The van der Waals surface area contributed by atoms with Crippen LogP contribution in [0, 0.1) is 24.7 Å². The topological polar surface area (TPSA) is 91.8 Å². The van der Waals surface area contributed by atoms with Gasteiger partial charge in [-0.15, -0.1) is 0 Å². The van der Waals surface area contributed by atoms with Gasteiger partial charge in [0.15, 0.2) is 11.6 Å². The Hall–Kier alpha value is -3.28. The van der Waals surface area contributed by atoms with E-state index in [0.717, 1.165) is 11.1 Å². The number of rotatable bonds is 3. The van der Waals surface area contributed by atoms with Gasteiger partial charge in [-0.3, -0.25) is 24.1 Å². The van der Waals surface area contributed by atoms with Gasteiger partial charge in [-0.25, -0.2) is 0 Å². The van der Waals surface area contributed by atoms with Gasteiger partial charge in [-0.1, -0.05) is 30.7 Å². The van der Waals surface area contributed by atoms with Gasteiger partial charge in [0.2, 0.25) is 11.8 Å². The minimum Gasteiger partial charge on any atom is -0.508 e. The maximum Gasteiger partial charge on any atom is 0.233 e. The lowest BCUT2D eigenvalue weighted by Gasteiger charge is -2.42. The fraction of sp³-hybridized carbons (Fsp3) is 0.407. The monoisotopic (exact) mass is 445 g/mol. The number of carbonyl (C=O) groups is 4. The maximum atomic E-state index is 13.4. The van der Waals surface area contributed by atoms with E-state index in [2.05, 4.69) is 0 Å². The molecule has 0 aromatic heterocycles. The van der Waals surface area contributed by atoms with Gasteiger partial charge in [0.1, 0.15) is 5.75 Å². The SMILES string of the molecule is CCCN1C(=O)[C@H]2[C@H](CC=C3[C@H](c4ccc(O)c(C)c4)C4=C(C[C@H]32)C(=O)C=C(C)C4=O)C1=O. The smallest absolute Gasteiger partial charge is 0.233 e. The summed E-state index contributed by atoms with van der Waals surface area (Å²) in [4.78, 5) is 54.1. The highest BCUT2D eigenvalue weighted by atomic mass is 16.3. The molecule has 4 aliphatic rings. The van der Waals surface area contributed by atoms with Crippen molar-refractivity contribution >= 4 is 23.4 Å². The molecule has 1 aliphatic heterocycles. The number of phenols is 1. The van der Waals surface area contributed by atoms with E-state index in [1.165, 1.54) is 11.0 Å². The molecule has 1 fully saturated rings. The zero-order chi connectivity index (χ0) is 23.6. The Morgan fingerprint density at radius 1 is 1.06 bits per heavy atom. The molecule has 0 bridgehead atoms. The zero-order valence-electron chi connectivity index (χ0n) is 19.1. The molecule has 1 saturated heterocycles. The largest absolute Gasteiger partial charge is 0.508 e. The predicted molar refractivity (Wildman–Crippen MR) is 121 cm³/mol. The Morgan fingerprint density at radius 2 is 1.82 bits per heavy atom. The lowest BCUT2D eigenvalue weighted by molar-refractivity contribution is -0.140. The Morgan fingerprint density at radius 3 is 2.52 bits per heavy atom. The summed E-state index contributed by atoms with van der Waals surface area (Å²) >= 11 is 0. The number of hydrogen-bond acceptors (Lipinski definition) is 5. The Kier molecular flexibility index (Phi) is 5.00. The second-order valence-corrected chi connectivity index (χ2v) is 9.60. The van der Waals surface area contributed by atoms with Gasteiger partial charge in [0, 0.05) is 29.2 Å². The van der Waals surface area contributed by atoms with Gasteiger partial charge < -0.3 is 5.11 Å². The van der Waals surface area contributed by atoms with E-state index in [-0.39, 0.29) is 35.0 Å². The van der Waals surface area contributed by atoms with E-state index >= 15 is 0 Å². The third kappa shape index (κ3) is 3.07.